The molecule has 10 heteroatoms. The second-order valence-electron chi connectivity index (χ2n) is 6.34. The van der Waals surface area contributed by atoms with Gasteiger partial charge in [0.1, 0.15) is 6.61 Å². The first kappa shape index (κ1) is 23.8. The van der Waals surface area contributed by atoms with Gasteiger partial charge in [0.25, 0.3) is 11.8 Å². The van der Waals surface area contributed by atoms with Crippen LogP contribution in [-0.2, 0) is 19.1 Å². The summed E-state index contributed by atoms with van der Waals surface area (Å²) in [5.74, 6) is -0.780. The normalized spacial score (nSPS) is 13.3. The highest BCUT2D eigenvalue weighted by atomic mass is 35.5. The predicted molar refractivity (Wildman–Crippen MR) is 118 cm³/mol. The number of benzene rings is 1. The Labute approximate surface area is 184 Å². The Morgan fingerprint density at radius 3 is 2.60 bits per heavy atom. The number of morpholine rings is 1. The van der Waals surface area contributed by atoms with E-state index in [0.717, 1.165) is 22.6 Å². The molecule has 0 unspecified atom stereocenters. The van der Waals surface area contributed by atoms with Gasteiger partial charge in [0.2, 0.25) is 5.91 Å². The average molecular weight is 454 g/mol. The molecule has 1 aliphatic heterocycles. The highest BCUT2D eigenvalue weighted by Gasteiger charge is 2.21. The third kappa shape index (κ3) is 6.81. The third-order valence-electron chi connectivity index (χ3n) is 3.96. The van der Waals surface area contributed by atoms with Crippen LogP contribution in [0, 0.1) is 6.92 Å². The number of hydrogen-bond acceptors (Lipinski definition) is 6. The zero-order valence-corrected chi connectivity index (χ0v) is 18.6. The van der Waals surface area contributed by atoms with Gasteiger partial charge in [0.05, 0.1) is 22.4 Å². The van der Waals surface area contributed by atoms with Gasteiger partial charge in [-0.1, -0.05) is 11.6 Å². The van der Waals surface area contributed by atoms with Crippen LogP contribution in [0.15, 0.2) is 30.3 Å². The number of halogens is 1. The number of methoxy groups -OCH3 is 1. The number of anilines is 2. The zero-order valence-electron chi connectivity index (χ0n) is 17.0. The quantitative estimate of drug-likeness (QED) is 0.725. The number of nitrogens with one attached hydrogen (secondary N) is 2. The average Bonchev–Trinajstić information content (AvgIpc) is 3.14. The fourth-order valence-corrected chi connectivity index (χ4v) is 3.66. The molecule has 3 amide bonds. The molecule has 1 saturated heterocycles. The maximum atomic E-state index is 12.1. The van der Waals surface area contributed by atoms with Gasteiger partial charge >= 0.3 is 0 Å². The number of nitrogens with zero attached hydrogens (tertiary/aromatic N) is 1. The van der Waals surface area contributed by atoms with Crippen molar-refractivity contribution >= 4 is 52.0 Å². The first-order valence-corrected chi connectivity index (χ1v) is 10.3. The molecule has 0 aliphatic carbocycles. The summed E-state index contributed by atoms with van der Waals surface area (Å²) in [5, 5.41) is 5.28. The third-order valence-corrected chi connectivity index (χ3v) is 5.19. The van der Waals surface area contributed by atoms with Crippen LogP contribution in [0.4, 0.5) is 11.4 Å². The lowest BCUT2D eigenvalue weighted by Gasteiger charge is -2.28. The Hall–Kier alpha value is -2.46. The van der Waals surface area contributed by atoms with Crippen molar-refractivity contribution in [2.45, 2.75) is 6.92 Å². The van der Waals surface area contributed by atoms with E-state index in [1.54, 1.807) is 49.5 Å². The van der Waals surface area contributed by atoms with Crippen molar-refractivity contribution in [3.05, 3.63) is 45.1 Å². The van der Waals surface area contributed by atoms with Gasteiger partial charge in [0.15, 0.2) is 0 Å². The van der Waals surface area contributed by atoms with Crippen LogP contribution < -0.4 is 15.5 Å². The standard InChI is InChI=1S/C18H18ClN3O4S.C2H6O/c1-11-8-12(2-3-13(11)22-6-7-26-10-17(22)24)21-16(23)9-20-18(25)14-4-5-15(19)27-14;1-3-2/h2-5,8H,6-7,9-10H2,1H3,(H,20,25)(H,21,23);1-2H3. The molecule has 0 radical (unpaired) electrons. The van der Waals surface area contributed by atoms with E-state index in [9.17, 15) is 14.4 Å². The van der Waals surface area contributed by atoms with Crippen LogP contribution in [0.2, 0.25) is 4.34 Å². The van der Waals surface area contributed by atoms with E-state index < -0.39 is 0 Å². The molecule has 8 nitrogen and oxygen atoms in total. The van der Waals surface area contributed by atoms with E-state index in [2.05, 4.69) is 15.4 Å². The van der Waals surface area contributed by atoms with Gasteiger partial charge in [-0.05, 0) is 42.8 Å². The lowest BCUT2D eigenvalue weighted by molar-refractivity contribution is -0.125. The van der Waals surface area contributed by atoms with Crippen molar-refractivity contribution < 1.29 is 23.9 Å². The van der Waals surface area contributed by atoms with Crippen LogP contribution in [0.1, 0.15) is 15.2 Å². The van der Waals surface area contributed by atoms with E-state index in [1.807, 2.05) is 6.92 Å². The smallest absolute Gasteiger partial charge is 0.261 e. The lowest BCUT2D eigenvalue weighted by atomic mass is 10.1. The summed E-state index contributed by atoms with van der Waals surface area (Å²) in [4.78, 5) is 38.1. The predicted octanol–water partition coefficient (Wildman–Crippen LogP) is 2.70. The van der Waals surface area contributed by atoms with E-state index in [1.165, 1.54) is 0 Å². The minimum Gasteiger partial charge on any atom is -0.388 e. The Morgan fingerprint density at radius 1 is 1.27 bits per heavy atom. The molecule has 30 heavy (non-hydrogen) atoms. The lowest BCUT2D eigenvalue weighted by Crippen LogP contribution is -2.42. The molecule has 0 spiro atoms. The summed E-state index contributed by atoms with van der Waals surface area (Å²) in [6.07, 6.45) is 0. The van der Waals surface area contributed by atoms with E-state index in [4.69, 9.17) is 16.3 Å². The monoisotopic (exact) mass is 453 g/mol. The van der Waals surface area contributed by atoms with Gasteiger partial charge < -0.3 is 25.0 Å². The van der Waals surface area contributed by atoms with Crippen LogP contribution in [0.3, 0.4) is 0 Å². The summed E-state index contributed by atoms with van der Waals surface area (Å²) < 4.78 is 9.90. The summed E-state index contributed by atoms with van der Waals surface area (Å²) in [6.45, 7) is 2.79. The van der Waals surface area contributed by atoms with Crippen molar-refractivity contribution in [2.24, 2.45) is 0 Å². The number of carbonyl (C=O) groups is 3. The highest BCUT2D eigenvalue weighted by Crippen LogP contribution is 2.25. The first-order chi connectivity index (χ1) is 14.3. The second kappa shape index (κ2) is 11.7. The molecule has 1 aromatic carbocycles. The zero-order chi connectivity index (χ0) is 22.1. The fraction of sp³-hybridized carbons (Fsp3) is 0.350. The van der Waals surface area contributed by atoms with Crippen molar-refractivity contribution in [1.82, 2.24) is 5.32 Å². The van der Waals surface area contributed by atoms with Gasteiger partial charge in [-0.25, -0.2) is 0 Å². The molecule has 0 atom stereocenters. The summed E-state index contributed by atoms with van der Waals surface area (Å²) in [5.41, 5.74) is 2.25. The van der Waals surface area contributed by atoms with E-state index >= 15 is 0 Å². The van der Waals surface area contributed by atoms with Crippen LogP contribution in [0.5, 0.6) is 0 Å². The molecular weight excluding hydrogens is 430 g/mol. The number of rotatable bonds is 5. The molecule has 2 heterocycles. The van der Waals surface area contributed by atoms with Crippen molar-refractivity contribution in [3.63, 3.8) is 0 Å². The Kier molecular flexibility index (Phi) is 9.25. The SMILES string of the molecule is COC.Cc1cc(NC(=O)CNC(=O)c2ccc(Cl)s2)ccc1N1CCOCC1=O. The van der Waals surface area contributed by atoms with Gasteiger partial charge in [0, 0.05) is 32.1 Å². The molecule has 3 rings (SSSR count). The maximum Gasteiger partial charge on any atom is 0.261 e. The van der Waals surface area contributed by atoms with Crippen LogP contribution in [-0.4, -0.2) is 58.2 Å². The first-order valence-electron chi connectivity index (χ1n) is 9.08. The summed E-state index contributed by atoms with van der Waals surface area (Å²) >= 11 is 6.94. The van der Waals surface area contributed by atoms with E-state index in [0.29, 0.717) is 28.1 Å². The van der Waals surface area contributed by atoms with Gasteiger partial charge in [-0.2, -0.15) is 0 Å². The Morgan fingerprint density at radius 2 is 2.00 bits per heavy atom. The maximum absolute atomic E-state index is 12.1. The summed E-state index contributed by atoms with van der Waals surface area (Å²) in [6, 6.07) is 8.54. The van der Waals surface area contributed by atoms with Crippen molar-refractivity contribution in [3.8, 4) is 0 Å². The number of amides is 3. The van der Waals surface area contributed by atoms with Gasteiger partial charge in [-0.3, -0.25) is 14.4 Å². The molecule has 2 aromatic rings. The van der Waals surface area contributed by atoms with Crippen LogP contribution >= 0.6 is 22.9 Å². The molecule has 2 N–H and O–H groups in total. The number of ether oxygens (including phenoxy) is 2. The molecule has 1 fully saturated rings. The molecule has 1 aromatic heterocycles. The molecule has 1 aliphatic rings. The highest BCUT2D eigenvalue weighted by molar-refractivity contribution is 7.18. The number of thiophene rings is 1. The van der Waals surface area contributed by atoms with Crippen molar-refractivity contribution in [1.29, 1.82) is 0 Å². The number of hydrogen-bond donors (Lipinski definition) is 2. The Bertz CT molecular complexity index is 902. The Balaban J connectivity index is 0.00000101. The molecule has 162 valence electrons. The number of aryl methyl sites for hydroxylation is 1. The minimum atomic E-state index is -0.348. The van der Waals surface area contributed by atoms with E-state index in [-0.39, 0.29) is 30.9 Å². The topological polar surface area (TPSA) is 97.0 Å². The molecular formula is C20H24ClN3O5S. The van der Waals surface area contributed by atoms with Gasteiger partial charge in [-0.15, -0.1) is 11.3 Å². The molecule has 0 bridgehead atoms. The van der Waals surface area contributed by atoms with Crippen LogP contribution in [0.25, 0.3) is 0 Å². The summed E-state index contributed by atoms with van der Waals surface area (Å²) in [7, 11) is 3.25. The van der Waals surface area contributed by atoms with Crippen molar-refractivity contribution in [2.75, 3.05) is 50.7 Å². The second-order valence-corrected chi connectivity index (χ2v) is 8.06. The largest absolute Gasteiger partial charge is 0.388 e. The minimum absolute atomic E-state index is 0.0765. The fourth-order valence-electron chi connectivity index (χ4n) is 2.70. The number of carbonyl (C=O) groups excluding carboxylic acids is 3. The molecule has 0 saturated carbocycles.